The summed E-state index contributed by atoms with van der Waals surface area (Å²) in [6.45, 7) is 0. The maximum absolute atomic E-state index is 5.87. The fraction of sp³-hybridized carbons (Fsp3) is 0.545. The molecular formula is C11H13BrN2O. The number of halogens is 1. The maximum atomic E-state index is 5.87. The van der Waals surface area contributed by atoms with Gasteiger partial charge in [-0.3, -0.25) is 0 Å². The predicted octanol–water partition coefficient (Wildman–Crippen LogP) is 2.60. The molecule has 1 unspecified atom stereocenters. The molecule has 0 amide bonds. The number of nitrogen functional groups attached to an aromatic ring is 1. The van der Waals surface area contributed by atoms with Gasteiger partial charge in [0.2, 0.25) is 0 Å². The van der Waals surface area contributed by atoms with Crippen molar-refractivity contribution in [2.75, 3.05) is 5.73 Å². The number of fused-ring (bicyclic) bond motifs is 1. The van der Waals surface area contributed by atoms with E-state index >= 15 is 0 Å². The van der Waals surface area contributed by atoms with Gasteiger partial charge in [0.15, 0.2) is 11.6 Å². The number of hydrogen-bond donors (Lipinski definition) is 1. The third-order valence-electron chi connectivity index (χ3n) is 3.34. The summed E-state index contributed by atoms with van der Waals surface area (Å²) >= 11 is 3.37. The Hall–Kier alpha value is -0.770. The Bertz CT molecular complexity index is 386. The molecule has 3 nitrogen and oxygen atoms in total. The van der Waals surface area contributed by atoms with E-state index in [0.717, 1.165) is 22.1 Å². The van der Waals surface area contributed by atoms with E-state index in [1.807, 2.05) is 6.07 Å². The van der Waals surface area contributed by atoms with Crippen LogP contribution >= 0.6 is 15.9 Å². The molecule has 2 N–H and O–H groups in total. The highest BCUT2D eigenvalue weighted by atomic mass is 79.9. The average molecular weight is 269 g/mol. The molecular weight excluding hydrogens is 256 g/mol. The van der Waals surface area contributed by atoms with Crippen molar-refractivity contribution >= 4 is 21.7 Å². The highest BCUT2D eigenvalue weighted by molar-refractivity contribution is 9.10. The molecule has 1 aromatic rings. The Balaban J connectivity index is 1.73. The maximum Gasteiger partial charge on any atom is 0.166 e. The second kappa shape index (κ2) is 3.37. The number of aromatic nitrogens is 1. The zero-order chi connectivity index (χ0) is 10.4. The molecule has 3 rings (SSSR count). The summed E-state index contributed by atoms with van der Waals surface area (Å²) in [5, 5.41) is 0. The van der Waals surface area contributed by atoms with Crippen molar-refractivity contribution in [1.82, 2.24) is 4.98 Å². The van der Waals surface area contributed by atoms with Gasteiger partial charge in [-0.05, 0) is 53.1 Å². The summed E-state index contributed by atoms with van der Waals surface area (Å²) in [7, 11) is 0. The third-order valence-corrected chi connectivity index (χ3v) is 3.78. The molecule has 80 valence electrons. The normalized spacial score (nSPS) is 32.5. The van der Waals surface area contributed by atoms with E-state index in [0.29, 0.717) is 11.9 Å². The fourth-order valence-corrected chi connectivity index (χ4v) is 2.77. The molecule has 1 aromatic heterocycles. The van der Waals surface area contributed by atoms with Crippen molar-refractivity contribution < 1.29 is 4.74 Å². The van der Waals surface area contributed by atoms with E-state index in [1.54, 1.807) is 6.20 Å². The Labute approximate surface area is 97.2 Å². The molecule has 3 atom stereocenters. The minimum Gasteiger partial charge on any atom is -0.487 e. The van der Waals surface area contributed by atoms with Crippen LogP contribution in [0.2, 0.25) is 0 Å². The molecule has 4 heteroatoms. The lowest BCUT2D eigenvalue weighted by Crippen LogP contribution is -2.15. The van der Waals surface area contributed by atoms with Crippen molar-refractivity contribution in [1.29, 1.82) is 0 Å². The average Bonchev–Trinajstić information content (AvgIpc) is 2.81. The topological polar surface area (TPSA) is 48.1 Å². The van der Waals surface area contributed by atoms with Crippen molar-refractivity contribution in [2.45, 2.75) is 25.4 Å². The van der Waals surface area contributed by atoms with Gasteiger partial charge in [-0.15, -0.1) is 0 Å². The first-order chi connectivity index (χ1) is 7.22. The van der Waals surface area contributed by atoms with Gasteiger partial charge in [-0.25, -0.2) is 4.98 Å². The first-order valence-electron chi connectivity index (χ1n) is 5.30. The number of ether oxygens (including phenoxy) is 1. The van der Waals surface area contributed by atoms with E-state index in [2.05, 4.69) is 20.9 Å². The van der Waals surface area contributed by atoms with Gasteiger partial charge in [0.25, 0.3) is 0 Å². The second-order valence-electron chi connectivity index (χ2n) is 4.50. The first-order valence-corrected chi connectivity index (χ1v) is 6.09. The predicted molar refractivity (Wildman–Crippen MR) is 61.6 cm³/mol. The lowest BCUT2D eigenvalue weighted by molar-refractivity contribution is 0.195. The molecule has 0 spiro atoms. The minimum atomic E-state index is 0.354. The zero-order valence-electron chi connectivity index (χ0n) is 8.32. The summed E-state index contributed by atoms with van der Waals surface area (Å²) in [6, 6.07) is 1.90. The van der Waals surface area contributed by atoms with E-state index < -0.39 is 0 Å². The van der Waals surface area contributed by atoms with E-state index in [-0.39, 0.29) is 0 Å². The Morgan fingerprint density at radius 2 is 2.07 bits per heavy atom. The molecule has 2 aliphatic carbocycles. The second-order valence-corrected chi connectivity index (χ2v) is 5.42. The van der Waals surface area contributed by atoms with Crippen LogP contribution in [0.1, 0.15) is 19.3 Å². The van der Waals surface area contributed by atoms with Crippen LogP contribution in [0.4, 0.5) is 5.82 Å². The van der Waals surface area contributed by atoms with E-state index in [4.69, 9.17) is 10.5 Å². The Morgan fingerprint density at radius 3 is 2.80 bits per heavy atom. The number of nitrogens with two attached hydrogens (primary N) is 1. The molecule has 2 fully saturated rings. The summed E-state index contributed by atoms with van der Waals surface area (Å²) in [5.74, 6) is 3.06. The summed E-state index contributed by atoms with van der Waals surface area (Å²) in [5.41, 5.74) is 5.76. The van der Waals surface area contributed by atoms with Gasteiger partial charge in [-0.2, -0.15) is 0 Å². The Morgan fingerprint density at radius 1 is 1.33 bits per heavy atom. The van der Waals surface area contributed by atoms with Crippen LogP contribution in [-0.2, 0) is 0 Å². The van der Waals surface area contributed by atoms with Crippen molar-refractivity contribution in [3.63, 3.8) is 0 Å². The van der Waals surface area contributed by atoms with Gasteiger partial charge in [-0.1, -0.05) is 0 Å². The molecule has 0 bridgehead atoms. The van der Waals surface area contributed by atoms with Crippen LogP contribution < -0.4 is 10.5 Å². The zero-order valence-corrected chi connectivity index (χ0v) is 9.90. The summed E-state index contributed by atoms with van der Waals surface area (Å²) in [6.07, 6.45) is 5.83. The van der Waals surface area contributed by atoms with Gasteiger partial charge >= 0.3 is 0 Å². The minimum absolute atomic E-state index is 0.354. The molecule has 0 saturated heterocycles. The molecule has 2 saturated carbocycles. The number of anilines is 1. The number of pyridine rings is 1. The van der Waals surface area contributed by atoms with Crippen LogP contribution in [0.5, 0.6) is 5.75 Å². The summed E-state index contributed by atoms with van der Waals surface area (Å²) < 4.78 is 6.78. The van der Waals surface area contributed by atoms with Gasteiger partial charge in [0.05, 0.1) is 6.10 Å². The van der Waals surface area contributed by atoms with Crippen LogP contribution in [-0.4, -0.2) is 11.1 Å². The number of hydrogen-bond acceptors (Lipinski definition) is 3. The van der Waals surface area contributed by atoms with Gasteiger partial charge in [0.1, 0.15) is 0 Å². The largest absolute Gasteiger partial charge is 0.487 e. The van der Waals surface area contributed by atoms with Crippen molar-refractivity contribution in [2.24, 2.45) is 11.8 Å². The lowest BCUT2D eigenvalue weighted by atomic mass is 10.2. The highest BCUT2D eigenvalue weighted by Crippen LogP contribution is 2.52. The molecule has 15 heavy (non-hydrogen) atoms. The van der Waals surface area contributed by atoms with E-state index in [1.165, 1.54) is 19.3 Å². The smallest absolute Gasteiger partial charge is 0.166 e. The first kappa shape index (κ1) is 9.46. The molecule has 1 heterocycles. The van der Waals surface area contributed by atoms with Gasteiger partial charge < -0.3 is 10.5 Å². The quantitative estimate of drug-likeness (QED) is 0.897. The van der Waals surface area contributed by atoms with Crippen molar-refractivity contribution in [3.8, 4) is 5.75 Å². The van der Waals surface area contributed by atoms with E-state index in [9.17, 15) is 0 Å². The van der Waals surface area contributed by atoms with Crippen molar-refractivity contribution in [3.05, 3.63) is 16.7 Å². The molecule has 0 aromatic carbocycles. The molecule has 2 aliphatic rings. The van der Waals surface area contributed by atoms with Gasteiger partial charge in [0, 0.05) is 10.7 Å². The van der Waals surface area contributed by atoms with Crippen LogP contribution in [0.3, 0.4) is 0 Å². The summed E-state index contributed by atoms with van der Waals surface area (Å²) in [4.78, 5) is 4.06. The SMILES string of the molecule is Nc1ncc(Br)cc1OC1C[C@@H]2C[C@@H]2C1. The Kier molecular flexibility index (Phi) is 2.12. The molecule has 0 radical (unpaired) electrons. The fourth-order valence-electron chi connectivity index (χ4n) is 2.46. The number of nitrogens with zero attached hydrogens (tertiary/aromatic N) is 1. The van der Waals surface area contributed by atoms with Crippen LogP contribution in [0.25, 0.3) is 0 Å². The molecule has 0 aliphatic heterocycles. The van der Waals surface area contributed by atoms with Crippen LogP contribution in [0, 0.1) is 11.8 Å². The number of rotatable bonds is 2. The third kappa shape index (κ3) is 1.83. The standard InChI is InChI=1S/C11H13BrN2O/c12-8-4-10(11(13)14-5-8)15-9-2-6-1-7(6)3-9/h4-7,9H,1-3H2,(H2,13,14)/t6-,7+,9?. The monoisotopic (exact) mass is 268 g/mol. The highest BCUT2D eigenvalue weighted by Gasteiger charge is 2.46. The lowest BCUT2D eigenvalue weighted by Gasteiger charge is -2.16. The van der Waals surface area contributed by atoms with Crippen LogP contribution in [0.15, 0.2) is 16.7 Å².